The van der Waals surface area contributed by atoms with Gasteiger partial charge in [-0.05, 0) is 40.2 Å². The van der Waals surface area contributed by atoms with Crippen LogP contribution in [0, 0.1) is 5.82 Å². The summed E-state index contributed by atoms with van der Waals surface area (Å²) in [6, 6.07) is 4.82. The predicted molar refractivity (Wildman–Crippen MR) is 110 cm³/mol. The molecule has 1 aromatic carbocycles. The van der Waals surface area contributed by atoms with Crippen LogP contribution >= 0.6 is 28.3 Å². The number of amides is 1. The van der Waals surface area contributed by atoms with Crippen LogP contribution in [0.25, 0.3) is 0 Å². The number of amidine groups is 1. The number of rotatable bonds is 5. The highest BCUT2D eigenvalue weighted by atomic mass is 79.9. The zero-order valence-corrected chi connectivity index (χ0v) is 17.9. The Morgan fingerprint density at radius 3 is 2.77 bits per heavy atom. The van der Waals surface area contributed by atoms with Crippen LogP contribution in [-0.4, -0.2) is 43.5 Å². The van der Waals surface area contributed by atoms with Crippen LogP contribution in [0.1, 0.15) is 16.1 Å². The van der Waals surface area contributed by atoms with Crippen molar-refractivity contribution in [3.05, 3.63) is 52.0 Å². The molecule has 1 atom stereocenters. The number of benzene rings is 1. The van der Waals surface area contributed by atoms with Gasteiger partial charge >= 0.3 is 0 Å². The van der Waals surface area contributed by atoms with Crippen molar-refractivity contribution in [2.75, 3.05) is 25.6 Å². The van der Waals surface area contributed by atoms with E-state index >= 15 is 0 Å². The molecule has 0 saturated carbocycles. The summed E-state index contributed by atoms with van der Waals surface area (Å²) in [5.74, 6) is -1.57. The molecule has 0 saturated heterocycles. The summed E-state index contributed by atoms with van der Waals surface area (Å²) in [7, 11) is 1.37. The molecule has 0 bridgehead atoms. The van der Waals surface area contributed by atoms with Crippen molar-refractivity contribution in [1.82, 2.24) is 4.98 Å². The average Bonchev–Trinajstić information content (AvgIpc) is 2.68. The van der Waals surface area contributed by atoms with Crippen LogP contribution in [0.15, 0.2) is 39.9 Å². The topological polar surface area (TPSA) is 98.8 Å². The molecule has 1 aliphatic heterocycles. The molecule has 3 rings (SSSR count). The molecule has 2 heterocycles. The van der Waals surface area contributed by atoms with Gasteiger partial charge in [-0.2, -0.15) is 0 Å². The van der Waals surface area contributed by atoms with E-state index in [9.17, 15) is 18.0 Å². The van der Waals surface area contributed by atoms with Crippen molar-refractivity contribution in [2.45, 2.75) is 12.0 Å². The Kier molecular flexibility index (Phi) is 7.67. The van der Waals surface area contributed by atoms with E-state index in [1.807, 2.05) is 0 Å². The van der Waals surface area contributed by atoms with Crippen molar-refractivity contribution in [2.24, 2.45) is 10.7 Å². The molecule has 30 heavy (non-hydrogen) atoms. The van der Waals surface area contributed by atoms with E-state index in [0.717, 1.165) is 12.1 Å². The molecule has 1 aliphatic rings. The summed E-state index contributed by atoms with van der Waals surface area (Å²) in [6.07, 6.45) is -1.69. The lowest BCUT2D eigenvalue weighted by Gasteiger charge is -2.33. The fourth-order valence-electron chi connectivity index (χ4n) is 2.87. The van der Waals surface area contributed by atoms with E-state index in [2.05, 4.69) is 31.2 Å². The third-order valence-electron chi connectivity index (χ3n) is 4.22. The van der Waals surface area contributed by atoms with E-state index in [0.29, 0.717) is 4.47 Å². The quantitative estimate of drug-likeness (QED) is 0.643. The van der Waals surface area contributed by atoms with Crippen molar-refractivity contribution < 1.29 is 27.4 Å². The van der Waals surface area contributed by atoms with Crippen molar-refractivity contribution in [3.8, 4) is 5.75 Å². The standard InChI is InChI=1S/C18H16BrF3N4O3.ClH/c1-28-13-4-9(19)6-24-15(13)16(27)25-10-2-3-12(20)11(5-10)18(17(21)22)8-29-7-14(23)26-18;/h2-6,17H,7-8H2,1H3,(H2,23,26)(H,25,27);1H/t18-;/m0./s1. The van der Waals surface area contributed by atoms with Gasteiger partial charge < -0.3 is 20.5 Å². The van der Waals surface area contributed by atoms with E-state index in [-0.39, 0.29) is 42.0 Å². The summed E-state index contributed by atoms with van der Waals surface area (Å²) in [4.78, 5) is 20.3. The molecule has 0 fully saturated rings. The van der Waals surface area contributed by atoms with Crippen molar-refractivity contribution in [3.63, 3.8) is 0 Å². The molecule has 1 amide bonds. The van der Waals surface area contributed by atoms with Crippen LogP contribution in [-0.2, 0) is 10.3 Å². The largest absolute Gasteiger partial charge is 0.494 e. The molecular formula is C18H17BrClF3N4O3. The minimum absolute atomic E-state index is 0. The highest BCUT2D eigenvalue weighted by Crippen LogP contribution is 2.38. The van der Waals surface area contributed by atoms with E-state index in [1.54, 1.807) is 6.07 Å². The number of hydrogen-bond acceptors (Lipinski definition) is 6. The SMILES string of the molecule is COc1cc(Br)cnc1C(=O)Nc1ccc(F)c([C@]2(C(F)F)COCC(N)=N2)c1.Cl. The molecule has 0 aliphatic carbocycles. The number of carbonyl (C=O) groups is 1. The van der Waals surface area contributed by atoms with Crippen LogP contribution in [0.5, 0.6) is 5.75 Å². The number of aliphatic imine (C=N–C) groups is 1. The lowest BCUT2D eigenvalue weighted by atomic mass is 9.90. The molecule has 0 spiro atoms. The van der Waals surface area contributed by atoms with E-state index in [4.69, 9.17) is 15.2 Å². The first-order valence-electron chi connectivity index (χ1n) is 8.28. The second kappa shape index (κ2) is 9.63. The Morgan fingerprint density at radius 2 is 2.13 bits per heavy atom. The molecule has 7 nitrogen and oxygen atoms in total. The number of aromatic nitrogens is 1. The van der Waals surface area contributed by atoms with Gasteiger partial charge in [0.2, 0.25) is 0 Å². The van der Waals surface area contributed by atoms with E-state index in [1.165, 1.54) is 19.4 Å². The molecule has 0 unspecified atom stereocenters. The molecule has 1 aromatic heterocycles. The molecule has 12 heteroatoms. The first kappa shape index (κ1) is 23.9. The van der Waals surface area contributed by atoms with Crippen molar-refractivity contribution in [1.29, 1.82) is 0 Å². The first-order valence-corrected chi connectivity index (χ1v) is 9.07. The summed E-state index contributed by atoms with van der Waals surface area (Å²) in [5.41, 5.74) is 2.84. The number of nitrogens with two attached hydrogens (primary N) is 1. The maximum atomic E-state index is 14.5. The van der Waals surface area contributed by atoms with Gasteiger partial charge in [0.25, 0.3) is 12.3 Å². The predicted octanol–water partition coefficient (Wildman–Crippen LogP) is 3.51. The van der Waals surface area contributed by atoms with Crippen LogP contribution in [0.4, 0.5) is 18.9 Å². The van der Waals surface area contributed by atoms with Gasteiger partial charge in [0.1, 0.15) is 18.3 Å². The molecule has 2 aromatic rings. The van der Waals surface area contributed by atoms with Gasteiger partial charge in [-0.1, -0.05) is 0 Å². The molecule has 0 radical (unpaired) electrons. The second-order valence-corrected chi connectivity index (χ2v) is 7.09. The lowest BCUT2D eigenvalue weighted by Crippen LogP contribution is -2.45. The van der Waals surface area contributed by atoms with Crippen molar-refractivity contribution >= 4 is 45.8 Å². The number of halogens is 5. The lowest BCUT2D eigenvalue weighted by molar-refractivity contribution is -0.0145. The molecule has 3 N–H and O–H groups in total. The smallest absolute Gasteiger partial charge is 0.278 e. The molecule has 162 valence electrons. The monoisotopic (exact) mass is 508 g/mol. The number of pyridine rings is 1. The minimum Gasteiger partial charge on any atom is -0.494 e. The number of hydrogen-bond donors (Lipinski definition) is 2. The molecular weight excluding hydrogens is 493 g/mol. The van der Waals surface area contributed by atoms with Gasteiger partial charge in [-0.15, -0.1) is 12.4 Å². The van der Waals surface area contributed by atoms with Gasteiger partial charge in [-0.25, -0.2) is 18.2 Å². The number of alkyl halides is 2. The zero-order chi connectivity index (χ0) is 21.2. The summed E-state index contributed by atoms with van der Waals surface area (Å²) in [5, 5.41) is 2.50. The number of anilines is 1. The van der Waals surface area contributed by atoms with Gasteiger partial charge in [0, 0.05) is 21.9 Å². The average molecular weight is 510 g/mol. The number of carbonyl (C=O) groups excluding carboxylic acids is 1. The fraction of sp³-hybridized carbons (Fsp3) is 0.278. The zero-order valence-electron chi connectivity index (χ0n) is 15.5. The van der Waals surface area contributed by atoms with Gasteiger partial charge in [0.15, 0.2) is 17.0 Å². The third-order valence-corrected chi connectivity index (χ3v) is 4.65. The highest BCUT2D eigenvalue weighted by molar-refractivity contribution is 9.10. The number of nitrogens with one attached hydrogen (secondary N) is 1. The Balaban J connectivity index is 0.00000320. The number of ether oxygens (including phenoxy) is 2. The Morgan fingerprint density at radius 1 is 1.40 bits per heavy atom. The number of methoxy groups -OCH3 is 1. The Labute approximate surface area is 184 Å². The van der Waals surface area contributed by atoms with E-state index < -0.39 is 35.9 Å². The second-order valence-electron chi connectivity index (χ2n) is 6.17. The number of nitrogens with zero attached hydrogens (tertiary/aromatic N) is 2. The summed E-state index contributed by atoms with van der Waals surface area (Å²) in [6.45, 7) is -0.677. The maximum Gasteiger partial charge on any atom is 0.278 e. The summed E-state index contributed by atoms with van der Waals surface area (Å²) >= 11 is 3.22. The maximum absolute atomic E-state index is 14.5. The van der Waals surface area contributed by atoms with Crippen LogP contribution in [0.3, 0.4) is 0 Å². The summed E-state index contributed by atoms with van der Waals surface area (Å²) < 4.78 is 53.0. The van der Waals surface area contributed by atoms with Gasteiger partial charge in [0.05, 0.1) is 13.7 Å². The van der Waals surface area contributed by atoms with Crippen LogP contribution < -0.4 is 15.8 Å². The third kappa shape index (κ3) is 4.68. The first-order chi connectivity index (χ1) is 13.8. The Bertz CT molecular complexity index is 980. The normalized spacial score (nSPS) is 18.4. The highest BCUT2D eigenvalue weighted by Gasteiger charge is 2.46. The van der Waals surface area contributed by atoms with Gasteiger partial charge in [-0.3, -0.25) is 9.79 Å². The van der Waals surface area contributed by atoms with Crippen LogP contribution in [0.2, 0.25) is 0 Å². The minimum atomic E-state index is -3.09. The Hall–Kier alpha value is -2.37. The fourth-order valence-corrected chi connectivity index (χ4v) is 3.18.